The minimum absolute atomic E-state index is 0.152. The maximum atomic E-state index is 13.8. The lowest BCUT2D eigenvalue weighted by Gasteiger charge is -2.27. The minimum atomic E-state index is -4.33. The molecule has 1 aliphatic rings. The van der Waals surface area contributed by atoms with Crippen molar-refractivity contribution in [2.24, 2.45) is 0 Å². The Morgan fingerprint density at radius 3 is 2.52 bits per heavy atom. The van der Waals surface area contributed by atoms with Crippen molar-refractivity contribution in [1.82, 2.24) is 4.90 Å². The summed E-state index contributed by atoms with van der Waals surface area (Å²) < 4.78 is 55.7. The van der Waals surface area contributed by atoms with E-state index in [9.17, 15) is 17.6 Å². The van der Waals surface area contributed by atoms with Gasteiger partial charge in [0, 0.05) is 25.3 Å². The van der Waals surface area contributed by atoms with Crippen LogP contribution in [0.4, 0.5) is 23.2 Å². The molecule has 1 aromatic carbocycles. The van der Waals surface area contributed by atoms with Gasteiger partial charge in [0.2, 0.25) is 0 Å². The SMILES string of the molecule is Cc1c(F)cc(NCC(F)(F)F)cc1CN1CCOCC1. The van der Waals surface area contributed by atoms with E-state index >= 15 is 0 Å². The van der Waals surface area contributed by atoms with Gasteiger partial charge in [-0.2, -0.15) is 13.2 Å². The highest BCUT2D eigenvalue weighted by Gasteiger charge is 2.26. The topological polar surface area (TPSA) is 24.5 Å². The van der Waals surface area contributed by atoms with Crippen LogP contribution in [0.5, 0.6) is 0 Å². The summed E-state index contributed by atoms with van der Waals surface area (Å²) >= 11 is 0. The van der Waals surface area contributed by atoms with Gasteiger partial charge in [0.25, 0.3) is 0 Å². The Balaban J connectivity index is 2.10. The third kappa shape index (κ3) is 4.86. The van der Waals surface area contributed by atoms with Crippen LogP contribution >= 0.6 is 0 Å². The van der Waals surface area contributed by atoms with Gasteiger partial charge in [0.15, 0.2) is 0 Å². The highest BCUT2D eigenvalue weighted by atomic mass is 19.4. The largest absolute Gasteiger partial charge is 0.405 e. The van der Waals surface area contributed by atoms with Crippen LogP contribution < -0.4 is 5.32 Å². The molecule has 0 aromatic heterocycles. The second-order valence-electron chi connectivity index (χ2n) is 5.10. The zero-order valence-electron chi connectivity index (χ0n) is 11.8. The Kier molecular flexibility index (Phi) is 5.05. The molecular formula is C14H18F4N2O. The van der Waals surface area contributed by atoms with Crippen LogP contribution in [0.1, 0.15) is 11.1 Å². The molecule has 7 heteroatoms. The van der Waals surface area contributed by atoms with Gasteiger partial charge in [-0.3, -0.25) is 4.90 Å². The lowest BCUT2D eigenvalue weighted by Crippen LogP contribution is -2.35. The summed E-state index contributed by atoms with van der Waals surface area (Å²) in [5.41, 5.74) is 1.32. The zero-order chi connectivity index (χ0) is 15.5. The quantitative estimate of drug-likeness (QED) is 0.866. The number of morpholine rings is 1. The lowest BCUT2D eigenvalue weighted by atomic mass is 10.1. The van der Waals surface area contributed by atoms with E-state index in [1.807, 2.05) is 0 Å². The fraction of sp³-hybridized carbons (Fsp3) is 0.571. The third-order valence-corrected chi connectivity index (χ3v) is 3.44. The van der Waals surface area contributed by atoms with Crippen LogP contribution in [0.3, 0.4) is 0 Å². The first-order valence-electron chi connectivity index (χ1n) is 6.75. The molecule has 1 fully saturated rings. The predicted molar refractivity (Wildman–Crippen MR) is 71.8 cm³/mol. The smallest absolute Gasteiger partial charge is 0.379 e. The Morgan fingerprint density at radius 1 is 1.24 bits per heavy atom. The second-order valence-corrected chi connectivity index (χ2v) is 5.10. The summed E-state index contributed by atoms with van der Waals surface area (Å²) in [5.74, 6) is -0.495. The van der Waals surface area contributed by atoms with E-state index in [0.29, 0.717) is 30.9 Å². The van der Waals surface area contributed by atoms with Gasteiger partial charge in [-0.05, 0) is 30.2 Å². The first-order chi connectivity index (χ1) is 9.85. The van der Waals surface area contributed by atoms with Crippen molar-refractivity contribution in [3.05, 3.63) is 29.1 Å². The van der Waals surface area contributed by atoms with Gasteiger partial charge in [0.1, 0.15) is 12.4 Å². The van der Waals surface area contributed by atoms with Crippen LogP contribution in [-0.4, -0.2) is 43.9 Å². The first kappa shape index (κ1) is 16.0. The van der Waals surface area contributed by atoms with Gasteiger partial charge in [-0.25, -0.2) is 4.39 Å². The molecule has 0 atom stereocenters. The molecule has 0 amide bonds. The molecule has 2 rings (SSSR count). The van der Waals surface area contributed by atoms with E-state index in [-0.39, 0.29) is 5.69 Å². The lowest BCUT2D eigenvalue weighted by molar-refractivity contribution is -0.115. The van der Waals surface area contributed by atoms with Crippen molar-refractivity contribution in [3.63, 3.8) is 0 Å². The van der Waals surface area contributed by atoms with Gasteiger partial charge in [0.05, 0.1) is 13.2 Å². The molecule has 118 valence electrons. The number of anilines is 1. The average Bonchev–Trinajstić information content (AvgIpc) is 2.42. The maximum Gasteiger partial charge on any atom is 0.405 e. The molecule has 1 saturated heterocycles. The van der Waals surface area contributed by atoms with Crippen molar-refractivity contribution < 1.29 is 22.3 Å². The van der Waals surface area contributed by atoms with E-state index in [1.165, 1.54) is 0 Å². The Bertz CT molecular complexity index is 485. The molecule has 1 aromatic rings. The van der Waals surface area contributed by atoms with Crippen LogP contribution in [-0.2, 0) is 11.3 Å². The van der Waals surface area contributed by atoms with Crippen LogP contribution in [0.2, 0.25) is 0 Å². The third-order valence-electron chi connectivity index (χ3n) is 3.44. The van der Waals surface area contributed by atoms with E-state index in [4.69, 9.17) is 4.74 Å². The van der Waals surface area contributed by atoms with E-state index < -0.39 is 18.5 Å². The van der Waals surface area contributed by atoms with Crippen LogP contribution in [0.25, 0.3) is 0 Å². The summed E-state index contributed by atoms with van der Waals surface area (Å²) in [6.45, 7) is 3.68. The summed E-state index contributed by atoms with van der Waals surface area (Å²) in [6.07, 6.45) is -4.33. The highest BCUT2D eigenvalue weighted by Crippen LogP contribution is 2.23. The van der Waals surface area contributed by atoms with Crippen LogP contribution in [0, 0.1) is 12.7 Å². The molecule has 0 radical (unpaired) electrons. The monoisotopic (exact) mass is 306 g/mol. The predicted octanol–water partition coefficient (Wildman–Crippen LogP) is 2.94. The van der Waals surface area contributed by atoms with E-state index in [2.05, 4.69) is 10.2 Å². The molecule has 1 heterocycles. The fourth-order valence-electron chi connectivity index (χ4n) is 2.20. The normalized spacial score (nSPS) is 17.0. The van der Waals surface area contributed by atoms with Crippen molar-refractivity contribution in [3.8, 4) is 0 Å². The number of alkyl halides is 3. The molecule has 0 bridgehead atoms. The number of benzene rings is 1. The highest BCUT2D eigenvalue weighted by molar-refractivity contribution is 5.49. The van der Waals surface area contributed by atoms with Gasteiger partial charge >= 0.3 is 6.18 Å². The molecule has 3 nitrogen and oxygen atoms in total. The molecule has 0 spiro atoms. The Morgan fingerprint density at radius 2 is 1.90 bits per heavy atom. The summed E-state index contributed by atoms with van der Waals surface area (Å²) in [6, 6.07) is 2.68. The van der Waals surface area contributed by atoms with E-state index in [0.717, 1.165) is 19.2 Å². The number of nitrogens with zero attached hydrogens (tertiary/aromatic N) is 1. The van der Waals surface area contributed by atoms with Crippen LogP contribution in [0.15, 0.2) is 12.1 Å². The fourth-order valence-corrected chi connectivity index (χ4v) is 2.20. The van der Waals surface area contributed by atoms with Gasteiger partial charge in [-0.15, -0.1) is 0 Å². The van der Waals surface area contributed by atoms with Crippen molar-refractivity contribution in [2.45, 2.75) is 19.6 Å². The Labute approximate surface area is 120 Å². The number of halogens is 4. The molecule has 0 aliphatic carbocycles. The molecule has 0 unspecified atom stereocenters. The first-order valence-corrected chi connectivity index (χ1v) is 6.75. The minimum Gasteiger partial charge on any atom is -0.379 e. The van der Waals surface area contributed by atoms with Gasteiger partial charge in [-0.1, -0.05) is 0 Å². The molecule has 0 saturated carbocycles. The average molecular weight is 306 g/mol. The zero-order valence-corrected chi connectivity index (χ0v) is 11.8. The molecular weight excluding hydrogens is 288 g/mol. The molecule has 1 aliphatic heterocycles. The summed E-state index contributed by atoms with van der Waals surface area (Å²) in [4.78, 5) is 2.10. The summed E-state index contributed by atoms with van der Waals surface area (Å²) in [5, 5.41) is 2.22. The number of nitrogens with one attached hydrogen (secondary N) is 1. The van der Waals surface area contributed by atoms with Crippen molar-refractivity contribution in [1.29, 1.82) is 0 Å². The second kappa shape index (κ2) is 6.62. The standard InChI is InChI=1S/C14H18F4N2O/c1-10-11(8-20-2-4-21-5-3-20)6-12(7-13(10)15)19-9-14(16,17)18/h6-7,19H,2-5,8-9H2,1H3. The number of rotatable bonds is 4. The number of hydrogen-bond acceptors (Lipinski definition) is 3. The number of hydrogen-bond donors (Lipinski definition) is 1. The van der Waals surface area contributed by atoms with E-state index in [1.54, 1.807) is 13.0 Å². The van der Waals surface area contributed by atoms with Crippen molar-refractivity contribution in [2.75, 3.05) is 38.2 Å². The Hall–Kier alpha value is -1.34. The number of ether oxygens (including phenoxy) is 1. The maximum absolute atomic E-state index is 13.8. The van der Waals surface area contributed by atoms with Crippen molar-refractivity contribution >= 4 is 5.69 Å². The molecule has 1 N–H and O–H groups in total. The molecule has 21 heavy (non-hydrogen) atoms. The summed E-state index contributed by atoms with van der Waals surface area (Å²) in [7, 11) is 0. The van der Waals surface area contributed by atoms with Gasteiger partial charge < -0.3 is 10.1 Å².